The predicted molar refractivity (Wildman–Crippen MR) is 472 cm³/mol. The molecule has 2 atom stereocenters. The molecule has 0 bridgehead atoms. The second-order valence-electron chi connectivity index (χ2n) is 31.9. The average Bonchev–Trinajstić information content (AvgIpc) is 1.38. The number of fused-ring (bicyclic) bond motifs is 12. The summed E-state index contributed by atoms with van der Waals surface area (Å²) in [6.07, 6.45) is 7.75. The first-order chi connectivity index (χ1) is 58.9. The quantitative estimate of drug-likeness (QED) is 0.0878. The van der Waals surface area contributed by atoms with Gasteiger partial charge in [-0.05, 0) is 195 Å². The molecule has 2 unspecified atom stereocenters. The zero-order valence-electron chi connectivity index (χ0n) is 83.2. The molecular formula is C102H120N8O4+4. The summed E-state index contributed by atoms with van der Waals surface area (Å²) in [5.41, 5.74) is 27.9. The number of furan rings is 4. The Balaban J connectivity index is 0.000000145. The van der Waals surface area contributed by atoms with Crippen molar-refractivity contribution in [2.75, 3.05) is 0 Å². The number of rotatable bonds is 16. The van der Waals surface area contributed by atoms with Crippen LogP contribution in [-0.4, -0.2) is 19.9 Å². The largest absolute Gasteiger partial charge is 0.437 e. The lowest BCUT2D eigenvalue weighted by Gasteiger charge is -2.13. The van der Waals surface area contributed by atoms with Gasteiger partial charge >= 0.3 is 0 Å². The van der Waals surface area contributed by atoms with E-state index in [0.717, 1.165) is 136 Å². The summed E-state index contributed by atoms with van der Waals surface area (Å²) in [6, 6.07) is 41.3. The van der Waals surface area contributed by atoms with Gasteiger partial charge in [0.1, 0.15) is 28.2 Å². The Kier molecular flexibility index (Phi) is 19.5. The molecule has 0 aliphatic heterocycles. The van der Waals surface area contributed by atoms with Gasteiger partial charge in [-0.2, -0.15) is 0 Å². The van der Waals surface area contributed by atoms with Gasteiger partial charge in [0.25, 0.3) is 0 Å². The van der Waals surface area contributed by atoms with E-state index in [1.807, 2.05) is 69.3 Å². The molecular weight excluding hydrogens is 1400 g/mol. The van der Waals surface area contributed by atoms with E-state index in [4.69, 9.17) is 49.1 Å². The van der Waals surface area contributed by atoms with E-state index >= 15 is 0 Å². The van der Waals surface area contributed by atoms with E-state index < -0.39 is 38.2 Å². The molecule has 16 rings (SSSR count). The smallest absolute Gasteiger partial charge is 0.227 e. The van der Waals surface area contributed by atoms with Gasteiger partial charge in [-0.15, -0.1) is 0 Å². The number of aryl methyl sites for hydroxylation is 14. The molecule has 12 heteroatoms. The van der Waals surface area contributed by atoms with Crippen molar-refractivity contribution in [3.8, 4) is 45.0 Å². The molecule has 4 aromatic carbocycles. The zero-order valence-corrected chi connectivity index (χ0v) is 71.2. The molecule has 0 aliphatic carbocycles. The Hall–Kier alpha value is -10.7. The first-order valence-corrected chi connectivity index (χ1v) is 40.4. The van der Waals surface area contributed by atoms with E-state index in [0.29, 0.717) is 51.7 Å². The first kappa shape index (κ1) is 66.7. The van der Waals surface area contributed by atoms with E-state index in [2.05, 4.69) is 191 Å². The van der Waals surface area contributed by atoms with E-state index in [1.165, 1.54) is 83.6 Å². The van der Waals surface area contributed by atoms with Crippen LogP contribution in [0.1, 0.15) is 266 Å². The number of hydrogen-bond donors (Lipinski definition) is 0. The predicted octanol–water partition coefficient (Wildman–Crippen LogP) is 25.2. The minimum Gasteiger partial charge on any atom is -0.437 e. The molecule has 0 saturated heterocycles. The monoisotopic (exact) mass is 1530 g/mol. The van der Waals surface area contributed by atoms with E-state index in [1.54, 1.807) is 47.8 Å². The van der Waals surface area contributed by atoms with Crippen molar-refractivity contribution in [3.05, 3.63) is 236 Å². The van der Waals surface area contributed by atoms with E-state index in [9.17, 15) is 0 Å². The van der Waals surface area contributed by atoms with Gasteiger partial charge in [-0.25, -0.2) is 38.2 Å². The van der Waals surface area contributed by atoms with Crippen LogP contribution in [0.4, 0.5) is 0 Å². The van der Waals surface area contributed by atoms with Gasteiger partial charge in [0.05, 0.1) is 22.3 Å². The van der Waals surface area contributed by atoms with Crippen LogP contribution < -0.4 is 18.3 Å². The number of benzene rings is 4. The molecule has 588 valence electrons. The highest BCUT2D eigenvalue weighted by atomic mass is 16.4. The standard InChI is InChI=1S/2C26H31N2O.2C25H29N2O/c1-8-18-14-28(7)23(13-21(18)15(2)3)24-17(6)9-10-19-20-11-12-22(16(4)5)27-26(20)29-25(19)24;1-8-18-13-23(28(7)14-21(18)15(2)3)24-17(6)9-10-19-20-11-12-22(16(4)5)27-26(20)29-25(19)24;1-7-17-14-27(6)22(13-21(17)15(3)4)23-16(5)9-11-19-20-12-10-18(8-2)26-25(20)28-24(19)23;1-7-17-13-22(27(6)14-21(17)15(3)4)23-16(5)9-11-19-20-12-10-18(8-2)26-25(20)28-24(19)23/h2*9-16H,8H2,1-7H3;2*9-15H,7-8H2,1-6H3/q4*+1/i;2D3,8D2,15D;;3D3,7D2,15D. The SMILES string of the molecule is CCc1c[n+](C)c(-c2c(C)ccc3c2oc2nc(C(C)C)ccc23)cc1C(C)C.CCc1ccc2c(n1)oc1c(-c3cc(C(C)C)c(CC)c[n+]3C)c(C)ccc12.[2H]C([2H])(C)c1cc(-c2c(C)ccc3c2oc2nc(C(C)C)ccc23)[n+](C)cc1C([2H])(C)C([2H])([2H])[2H].[2H]C([2H])(C)c1cc(-c2c(C)ccc3c2oc2nc(CC)ccc23)[n+](C)cc1C([2H])(C)C([2H])([2H])[2H]. The third-order valence-electron chi connectivity index (χ3n) is 22.6. The van der Waals surface area contributed by atoms with Crippen molar-refractivity contribution >= 4 is 88.3 Å². The molecule has 0 fully saturated rings. The first-order valence-electron chi connectivity index (χ1n) is 46.4. The minimum atomic E-state index is -2.63. The fourth-order valence-electron chi connectivity index (χ4n) is 16.1. The van der Waals surface area contributed by atoms with Crippen LogP contribution in [0.2, 0.25) is 0 Å². The lowest BCUT2D eigenvalue weighted by molar-refractivity contribution is -0.661. The highest BCUT2D eigenvalue weighted by molar-refractivity contribution is 6.12. The summed E-state index contributed by atoms with van der Waals surface area (Å²) in [7, 11) is 7.82. The van der Waals surface area contributed by atoms with Crippen molar-refractivity contribution in [2.24, 2.45) is 28.2 Å². The second-order valence-corrected chi connectivity index (χ2v) is 31.9. The van der Waals surface area contributed by atoms with Crippen molar-refractivity contribution < 1.29 is 52.4 Å². The molecule has 12 nitrogen and oxygen atoms in total. The van der Waals surface area contributed by atoms with Crippen LogP contribution in [0.15, 0.2) is 164 Å². The topological polar surface area (TPSA) is 120 Å². The summed E-state index contributed by atoms with van der Waals surface area (Å²) in [5, 5.41) is 8.06. The third-order valence-corrected chi connectivity index (χ3v) is 22.6. The summed E-state index contributed by atoms with van der Waals surface area (Å²) < 4.78 is 132. The van der Waals surface area contributed by atoms with Gasteiger partial charge in [-0.3, -0.25) is 0 Å². The van der Waals surface area contributed by atoms with Crippen LogP contribution in [0.25, 0.3) is 133 Å². The lowest BCUT2D eigenvalue weighted by Crippen LogP contribution is -2.32. The highest BCUT2D eigenvalue weighted by Gasteiger charge is 2.30. The van der Waals surface area contributed by atoms with Crippen LogP contribution in [0.5, 0.6) is 0 Å². The molecule has 12 heterocycles. The molecule has 0 spiro atoms. The van der Waals surface area contributed by atoms with Gasteiger partial charge in [0.15, 0.2) is 47.1 Å². The molecule has 0 radical (unpaired) electrons. The average molecular weight is 1530 g/mol. The van der Waals surface area contributed by atoms with Gasteiger partial charge < -0.3 is 17.7 Å². The van der Waals surface area contributed by atoms with Gasteiger partial charge in [0, 0.05) is 129 Å². The van der Waals surface area contributed by atoms with Crippen LogP contribution in [-0.2, 0) is 66.6 Å². The Morgan fingerprint density at radius 1 is 0.325 bits per heavy atom. The fraction of sp³-hybridized carbons (Fsp3) is 0.373. The third kappa shape index (κ3) is 15.4. The maximum absolute atomic E-state index is 8.64. The van der Waals surface area contributed by atoms with Gasteiger partial charge in [-0.1, -0.05) is 173 Å². The Morgan fingerprint density at radius 3 is 0.877 bits per heavy atom. The van der Waals surface area contributed by atoms with Crippen LogP contribution in [0, 0.1) is 27.7 Å². The van der Waals surface area contributed by atoms with Gasteiger partial charge in [0.2, 0.25) is 45.6 Å². The number of nitrogens with zero attached hydrogens (tertiary/aromatic N) is 8. The summed E-state index contributed by atoms with van der Waals surface area (Å²) >= 11 is 0. The summed E-state index contributed by atoms with van der Waals surface area (Å²) in [4.78, 5) is 18.9. The molecule has 0 N–H and O–H groups in total. The van der Waals surface area contributed by atoms with Crippen molar-refractivity contribution in [2.45, 2.75) is 226 Å². The molecule has 16 aromatic rings. The molecule has 0 amide bonds. The maximum atomic E-state index is 8.64. The normalized spacial score (nSPS) is 15.0. The Bertz CT molecular complexity index is 6910. The number of hydrogen-bond acceptors (Lipinski definition) is 8. The molecule has 0 aliphatic rings. The summed E-state index contributed by atoms with van der Waals surface area (Å²) in [6.45, 7) is 34.5. The Morgan fingerprint density at radius 2 is 0.605 bits per heavy atom. The Labute approximate surface area is 692 Å². The zero-order chi connectivity index (χ0) is 92.2. The molecule has 12 aromatic heterocycles. The molecule has 114 heavy (non-hydrogen) atoms. The number of aromatic nitrogens is 8. The minimum absolute atomic E-state index is 0.133. The van der Waals surface area contributed by atoms with Crippen molar-refractivity contribution in [3.63, 3.8) is 0 Å². The molecule has 0 saturated carbocycles. The number of pyridine rings is 8. The van der Waals surface area contributed by atoms with Crippen molar-refractivity contribution in [1.82, 2.24) is 19.9 Å². The highest BCUT2D eigenvalue weighted by Crippen LogP contribution is 2.43. The van der Waals surface area contributed by atoms with E-state index in [-0.39, 0.29) is 28.2 Å². The van der Waals surface area contributed by atoms with Crippen molar-refractivity contribution in [1.29, 1.82) is 0 Å². The van der Waals surface area contributed by atoms with Crippen LogP contribution in [0.3, 0.4) is 0 Å². The van der Waals surface area contributed by atoms with Crippen LogP contribution >= 0.6 is 0 Å². The fourth-order valence-corrected chi connectivity index (χ4v) is 16.1. The maximum Gasteiger partial charge on any atom is 0.227 e. The summed E-state index contributed by atoms with van der Waals surface area (Å²) in [5.74, 6) is -2.37. The lowest BCUT2D eigenvalue weighted by atomic mass is 9.93. The second kappa shape index (κ2) is 33.4.